The summed E-state index contributed by atoms with van der Waals surface area (Å²) in [7, 11) is 1.50. The van der Waals surface area contributed by atoms with Crippen molar-refractivity contribution in [1.82, 2.24) is 4.57 Å². The molecule has 0 radical (unpaired) electrons. The number of rotatable bonds is 4. The Bertz CT molecular complexity index is 858. The second-order valence-corrected chi connectivity index (χ2v) is 5.97. The SMILES string of the molecule is CC1Cc2ccccc2N1C(=O)COC(=O)c1cc([N+](=O)[O-])cn1C. The summed E-state index contributed by atoms with van der Waals surface area (Å²) < 4.78 is 6.37. The van der Waals surface area contributed by atoms with Crippen LogP contribution < -0.4 is 4.90 Å². The molecule has 1 atom stereocenters. The van der Waals surface area contributed by atoms with Gasteiger partial charge in [-0.3, -0.25) is 14.9 Å². The highest BCUT2D eigenvalue weighted by molar-refractivity contribution is 5.99. The van der Waals surface area contributed by atoms with Gasteiger partial charge in [-0.25, -0.2) is 4.79 Å². The summed E-state index contributed by atoms with van der Waals surface area (Å²) in [5.41, 5.74) is 1.72. The number of hydrogen-bond donors (Lipinski definition) is 0. The topological polar surface area (TPSA) is 94.7 Å². The molecule has 1 aromatic heterocycles. The Hall–Kier alpha value is -3.16. The Morgan fingerprint density at radius 2 is 2.08 bits per heavy atom. The fourth-order valence-corrected chi connectivity index (χ4v) is 3.07. The van der Waals surface area contributed by atoms with Crippen LogP contribution in [-0.4, -0.2) is 34.0 Å². The van der Waals surface area contributed by atoms with Gasteiger partial charge >= 0.3 is 5.97 Å². The summed E-state index contributed by atoms with van der Waals surface area (Å²) in [6.45, 7) is 1.51. The van der Waals surface area contributed by atoms with Crippen molar-refractivity contribution in [2.24, 2.45) is 7.05 Å². The first-order chi connectivity index (χ1) is 11.9. The average Bonchev–Trinajstić information content (AvgIpc) is 3.11. The van der Waals surface area contributed by atoms with Crippen molar-refractivity contribution in [1.29, 1.82) is 0 Å². The van der Waals surface area contributed by atoms with Crippen molar-refractivity contribution < 1.29 is 19.2 Å². The monoisotopic (exact) mass is 343 g/mol. The van der Waals surface area contributed by atoms with Crippen LogP contribution in [0.5, 0.6) is 0 Å². The maximum absolute atomic E-state index is 12.5. The van der Waals surface area contributed by atoms with Gasteiger partial charge in [-0.2, -0.15) is 0 Å². The first-order valence-corrected chi connectivity index (χ1v) is 7.76. The third-order valence-corrected chi connectivity index (χ3v) is 4.21. The summed E-state index contributed by atoms with van der Waals surface area (Å²) in [5.74, 6) is -1.10. The molecule has 0 saturated carbocycles. The van der Waals surface area contributed by atoms with Gasteiger partial charge in [-0.05, 0) is 25.0 Å². The Kier molecular flexibility index (Phi) is 4.26. The largest absolute Gasteiger partial charge is 0.451 e. The van der Waals surface area contributed by atoms with E-state index in [2.05, 4.69) is 0 Å². The Labute approximate surface area is 143 Å². The molecular weight excluding hydrogens is 326 g/mol. The second-order valence-electron chi connectivity index (χ2n) is 5.97. The van der Waals surface area contributed by atoms with Gasteiger partial charge in [-0.1, -0.05) is 18.2 Å². The minimum atomic E-state index is -0.774. The number of para-hydroxylation sites is 1. The number of fused-ring (bicyclic) bond motifs is 1. The number of ether oxygens (including phenoxy) is 1. The van der Waals surface area contributed by atoms with E-state index >= 15 is 0 Å². The molecule has 8 heteroatoms. The van der Waals surface area contributed by atoms with E-state index in [0.717, 1.165) is 23.7 Å². The number of aryl methyl sites for hydroxylation is 1. The van der Waals surface area contributed by atoms with Gasteiger partial charge in [0.15, 0.2) is 6.61 Å². The summed E-state index contributed by atoms with van der Waals surface area (Å²) in [4.78, 5) is 36.4. The summed E-state index contributed by atoms with van der Waals surface area (Å²) in [6.07, 6.45) is 1.97. The van der Waals surface area contributed by atoms with Crippen LogP contribution in [0, 0.1) is 10.1 Å². The maximum Gasteiger partial charge on any atom is 0.355 e. The molecule has 8 nitrogen and oxygen atoms in total. The van der Waals surface area contributed by atoms with Gasteiger partial charge in [0.2, 0.25) is 0 Å². The van der Waals surface area contributed by atoms with Crippen molar-refractivity contribution in [3.8, 4) is 0 Å². The van der Waals surface area contributed by atoms with E-state index in [0.29, 0.717) is 0 Å². The lowest BCUT2D eigenvalue weighted by Gasteiger charge is -2.22. The van der Waals surface area contributed by atoms with E-state index in [1.54, 1.807) is 4.90 Å². The number of hydrogen-bond acceptors (Lipinski definition) is 5. The van der Waals surface area contributed by atoms with E-state index in [9.17, 15) is 19.7 Å². The van der Waals surface area contributed by atoms with Crippen molar-refractivity contribution in [2.75, 3.05) is 11.5 Å². The van der Waals surface area contributed by atoms with Gasteiger partial charge in [0, 0.05) is 24.8 Å². The fourth-order valence-electron chi connectivity index (χ4n) is 3.07. The van der Waals surface area contributed by atoms with Crippen molar-refractivity contribution in [3.05, 3.63) is 57.9 Å². The number of carbonyl (C=O) groups is 2. The molecule has 25 heavy (non-hydrogen) atoms. The number of esters is 1. The highest BCUT2D eigenvalue weighted by Gasteiger charge is 2.31. The quantitative estimate of drug-likeness (QED) is 0.481. The number of aromatic nitrogens is 1. The summed E-state index contributed by atoms with van der Waals surface area (Å²) in [5, 5.41) is 10.8. The van der Waals surface area contributed by atoms with Crippen LogP contribution in [0.2, 0.25) is 0 Å². The predicted octanol–water partition coefficient (Wildman–Crippen LogP) is 2.07. The molecule has 1 aliphatic heterocycles. The van der Waals surface area contributed by atoms with Crippen molar-refractivity contribution >= 4 is 23.3 Å². The summed E-state index contributed by atoms with van der Waals surface area (Å²) >= 11 is 0. The van der Waals surface area contributed by atoms with Gasteiger partial charge in [0.25, 0.3) is 11.6 Å². The van der Waals surface area contributed by atoms with Crippen LogP contribution in [0.1, 0.15) is 23.0 Å². The smallest absolute Gasteiger partial charge is 0.355 e. The molecule has 1 unspecified atom stereocenters. The second kappa shape index (κ2) is 6.39. The Balaban J connectivity index is 1.69. The third kappa shape index (κ3) is 3.10. The lowest BCUT2D eigenvalue weighted by molar-refractivity contribution is -0.384. The zero-order valence-electron chi connectivity index (χ0n) is 13.8. The van der Waals surface area contributed by atoms with Crippen LogP contribution in [0.4, 0.5) is 11.4 Å². The van der Waals surface area contributed by atoms with Crippen LogP contribution in [0.15, 0.2) is 36.5 Å². The van der Waals surface area contributed by atoms with Crippen LogP contribution in [-0.2, 0) is 23.0 Å². The van der Waals surface area contributed by atoms with Crippen molar-refractivity contribution in [3.63, 3.8) is 0 Å². The minimum Gasteiger partial charge on any atom is -0.451 e. The van der Waals surface area contributed by atoms with Gasteiger partial charge in [-0.15, -0.1) is 0 Å². The molecule has 0 saturated heterocycles. The van der Waals surface area contributed by atoms with Gasteiger partial charge < -0.3 is 14.2 Å². The zero-order chi connectivity index (χ0) is 18.1. The molecule has 2 aromatic rings. The Morgan fingerprint density at radius 1 is 1.36 bits per heavy atom. The summed E-state index contributed by atoms with van der Waals surface area (Å²) in [6, 6.07) is 8.71. The van der Waals surface area contributed by atoms with E-state index in [4.69, 9.17) is 4.74 Å². The highest BCUT2D eigenvalue weighted by atomic mass is 16.6. The van der Waals surface area contributed by atoms with E-state index in [1.807, 2.05) is 31.2 Å². The van der Waals surface area contributed by atoms with E-state index < -0.39 is 17.5 Å². The van der Waals surface area contributed by atoms with Crippen LogP contribution >= 0.6 is 0 Å². The predicted molar refractivity (Wildman–Crippen MR) is 89.4 cm³/mol. The number of amides is 1. The van der Waals surface area contributed by atoms with E-state index in [-0.39, 0.29) is 23.3 Å². The number of benzene rings is 1. The molecule has 1 aliphatic rings. The molecule has 130 valence electrons. The molecule has 0 spiro atoms. The molecule has 1 amide bonds. The number of carbonyl (C=O) groups excluding carboxylic acids is 2. The average molecular weight is 343 g/mol. The number of nitrogens with zero attached hydrogens (tertiary/aromatic N) is 3. The van der Waals surface area contributed by atoms with Gasteiger partial charge in [0.05, 0.1) is 11.1 Å². The molecule has 0 bridgehead atoms. The molecule has 2 heterocycles. The maximum atomic E-state index is 12.5. The molecule has 0 N–H and O–H groups in total. The van der Waals surface area contributed by atoms with Crippen LogP contribution in [0.3, 0.4) is 0 Å². The zero-order valence-corrected chi connectivity index (χ0v) is 13.8. The molecular formula is C17H17N3O5. The number of nitro groups is 1. The molecule has 0 fully saturated rings. The van der Waals surface area contributed by atoms with Gasteiger partial charge in [0.1, 0.15) is 5.69 Å². The fraction of sp³-hybridized carbons (Fsp3) is 0.294. The standard InChI is InChI=1S/C17H17N3O5/c1-11-7-12-5-3-4-6-14(12)19(11)16(21)10-25-17(22)15-8-13(20(23)24)9-18(15)2/h3-6,8-9,11H,7,10H2,1-2H3. The lowest BCUT2D eigenvalue weighted by atomic mass is 10.1. The molecule has 1 aromatic carbocycles. The minimum absolute atomic E-state index is 0.0141. The first kappa shape index (κ1) is 16.7. The van der Waals surface area contributed by atoms with Crippen LogP contribution in [0.25, 0.3) is 0 Å². The van der Waals surface area contributed by atoms with Crippen molar-refractivity contribution in [2.45, 2.75) is 19.4 Å². The number of anilines is 1. The third-order valence-electron chi connectivity index (χ3n) is 4.21. The Morgan fingerprint density at radius 3 is 2.76 bits per heavy atom. The molecule has 3 rings (SSSR count). The highest BCUT2D eigenvalue weighted by Crippen LogP contribution is 2.31. The first-order valence-electron chi connectivity index (χ1n) is 7.76. The van der Waals surface area contributed by atoms with E-state index in [1.165, 1.54) is 17.8 Å². The lowest BCUT2D eigenvalue weighted by Crippen LogP contribution is -2.38. The molecule has 0 aliphatic carbocycles. The normalized spacial score (nSPS) is 15.8.